The van der Waals surface area contributed by atoms with Crippen LogP contribution in [0.1, 0.15) is 21.5 Å². The molecule has 0 bridgehead atoms. The maximum absolute atomic E-state index is 13.4. The summed E-state index contributed by atoms with van der Waals surface area (Å²) < 4.78 is 26.9. The molecule has 0 atom stereocenters. The summed E-state index contributed by atoms with van der Waals surface area (Å²) in [7, 11) is 0. The fourth-order valence-electron chi connectivity index (χ4n) is 2.97. The van der Waals surface area contributed by atoms with Crippen molar-refractivity contribution < 1.29 is 13.6 Å². The minimum absolute atomic E-state index is 0.0244. The van der Waals surface area contributed by atoms with Gasteiger partial charge in [0.2, 0.25) is 0 Å². The zero-order chi connectivity index (χ0) is 20.5. The SMILES string of the molecule is O=C(Nc1n[nH]c2ccc(Cc3cc(F)cc(F)c3)cc12)c1ccc(Cl)nc1Cl. The maximum atomic E-state index is 13.4. The van der Waals surface area contributed by atoms with E-state index in [1.54, 1.807) is 12.1 Å². The van der Waals surface area contributed by atoms with Crippen LogP contribution >= 0.6 is 23.2 Å². The molecule has 146 valence electrons. The molecule has 0 aliphatic carbocycles. The highest BCUT2D eigenvalue weighted by Gasteiger charge is 2.15. The third kappa shape index (κ3) is 4.21. The summed E-state index contributed by atoms with van der Waals surface area (Å²) >= 11 is 11.7. The topological polar surface area (TPSA) is 70.7 Å². The van der Waals surface area contributed by atoms with E-state index < -0.39 is 17.5 Å². The van der Waals surface area contributed by atoms with E-state index in [2.05, 4.69) is 20.5 Å². The van der Waals surface area contributed by atoms with Gasteiger partial charge in [0.05, 0.1) is 11.1 Å². The van der Waals surface area contributed by atoms with E-state index in [9.17, 15) is 13.6 Å². The van der Waals surface area contributed by atoms with E-state index >= 15 is 0 Å². The van der Waals surface area contributed by atoms with Crippen molar-refractivity contribution in [3.05, 3.63) is 87.2 Å². The van der Waals surface area contributed by atoms with Crippen LogP contribution in [0.3, 0.4) is 0 Å². The molecule has 9 heteroatoms. The van der Waals surface area contributed by atoms with E-state index in [1.165, 1.54) is 24.3 Å². The number of nitrogens with zero attached hydrogens (tertiary/aromatic N) is 2. The predicted octanol–water partition coefficient (Wildman–Crippen LogP) is 5.39. The van der Waals surface area contributed by atoms with Crippen molar-refractivity contribution in [3.8, 4) is 0 Å². The van der Waals surface area contributed by atoms with Gasteiger partial charge in [0.15, 0.2) is 5.82 Å². The summed E-state index contributed by atoms with van der Waals surface area (Å²) in [5, 5.41) is 10.4. The zero-order valence-corrected chi connectivity index (χ0v) is 16.2. The van der Waals surface area contributed by atoms with E-state index in [-0.39, 0.29) is 15.9 Å². The zero-order valence-electron chi connectivity index (χ0n) is 14.6. The number of rotatable bonds is 4. The molecule has 4 aromatic rings. The maximum Gasteiger partial charge on any atom is 0.260 e. The van der Waals surface area contributed by atoms with Gasteiger partial charge in [-0.25, -0.2) is 13.8 Å². The summed E-state index contributed by atoms with van der Waals surface area (Å²) in [5.41, 5.74) is 2.13. The monoisotopic (exact) mass is 432 g/mol. The summed E-state index contributed by atoms with van der Waals surface area (Å²) in [5.74, 6) is -1.47. The van der Waals surface area contributed by atoms with Crippen LogP contribution in [-0.4, -0.2) is 21.1 Å². The van der Waals surface area contributed by atoms with E-state index in [0.717, 1.165) is 11.6 Å². The van der Waals surface area contributed by atoms with Crippen molar-refractivity contribution in [2.45, 2.75) is 6.42 Å². The van der Waals surface area contributed by atoms with Gasteiger partial charge in [0, 0.05) is 11.5 Å². The first-order valence-electron chi connectivity index (χ1n) is 8.44. The summed E-state index contributed by atoms with van der Waals surface area (Å²) in [6, 6.07) is 11.7. The highest BCUT2D eigenvalue weighted by Crippen LogP contribution is 2.25. The van der Waals surface area contributed by atoms with Crippen molar-refractivity contribution in [1.82, 2.24) is 15.2 Å². The number of hydrogen-bond donors (Lipinski definition) is 2. The van der Waals surface area contributed by atoms with Crippen molar-refractivity contribution in [2.24, 2.45) is 0 Å². The molecule has 0 radical (unpaired) electrons. The molecule has 1 amide bonds. The number of halogens is 4. The molecule has 0 aliphatic rings. The standard InChI is InChI=1S/C20H12Cl2F2N4O/c21-17-4-2-14(18(22)25-17)20(29)26-19-15-8-10(1-3-16(15)27-28-19)5-11-6-12(23)9-13(24)7-11/h1-4,6-9H,5H2,(H2,26,27,28,29). The van der Waals surface area contributed by atoms with Gasteiger partial charge in [-0.2, -0.15) is 5.10 Å². The number of aromatic nitrogens is 3. The molecule has 2 aromatic heterocycles. The lowest BCUT2D eigenvalue weighted by Gasteiger charge is -2.06. The Kier molecular flexibility index (Phi) is 5.17. The van der Waals surface area contributed by atoms with Gasteiger partial charge in [-0.3, -0.25) is 9.89 Å². The van der Waals surface area contributed by atoms with E-state index in [4.69, 9.17) is 23.2 Å². The number of carbonyl (C=O) groups is 1. The van der Waals surface area contributed by atoms with Crippen molar-refractivity contribution >= 4 is 45.8 Å². The van der Waals surface area contributed by atoms with Crippen LogP contribution in [0.25, 0.3) is 10.9 Å². The van der Waals surface area contributed by atoms with Crippen LogP contribution in [0.2, 0.25) is 10.3 Å². The Hall–Kier alpha value is -3.03. The van der Waals surface area contributed by atoms with Gasteiger partial charge >= 0.3 is 0 Å². The number of fused-ring (bicyclic) bond motifs is 1. The molecule has 5 nitrogen and oxygen atoms in total. The quantitative estimate of drug-likeness (QED) is 0.425. The summed E-state index contributed by atoms with van der Waals surface area (Å²) in [4.78, 5) is 16.4. The Labute approximate surface area is 173 Å². The normalized spacial score (nSPS) is 11.0. The Morgan fingerprint density at radius 3 is 2.48 bits per heavy atom. The molecule has 0 saturated heterocycles. The molecule has 2 N–H and O–H groups in total. The number of nitrogens with one attached hydrogen (secondary N) is 2. The molecule has 2 heterocycles. The number of aromatic amines is 1. The van der Waals surface area contributed by atoms with Crippen LogP contribution in [0.4, 0.5) is 14.6 Å². The first-order valence-corrected chi connectivity index (χ1v) is 9.20. The van der Waals surface area contributed by atoms with Crippen LogP contribution < -0.4 is 5.32 Å². The second-order valence-electron chi connectivity index (χ2n) is 6.33. The Balaban J connectivity index is 1.62. The minimum Gasteiger partial charge on any atom is -0.304 e. The molecular weight excluding hydrogens is 421 g/mol. The number of benzene rings is 2. The van der Waals surface area contributed by atoms with Crippen LogP contribution in [0.5, 0.6) is 0 Å². The average Bonchev–Trinajstić information content (AvgIpc) is 3.03. The van der Waals surface area contributed by atoms with Crippen molar-refractivity contribution in [1.29, 1.82) is 0 Å². The lowest BCUT2D eigenvalue weighted by atomic mass is 10.0. The predicted molar refractivity (Wildman–Crippen MR) is 107 cm³/mol. The Morgan fingerprint density at radius 1 is 1.00 bits per heavy atom. The van der Waals surface area contributed by atoms with Crippen molar-refractivity contribution in [2.75, 3.05) is 5.32 Å². The number of amides is 1. The second-order valence-corrected chi connectivity index (χ2v) is 7.08. The van der Waals surface area contributed by atoms with Crippen LogP contribution in [-0.2, 0) is 6.42 Å². The highest BCUT2D eigenvalue weighted by atomic mass is 35.5. The molecule has 2 aromatic carbocycles. The molecule has 0 saturated carbocycles. The molecular formula is C20H12Cl2F2N4O. The molecule has 0 fully saturated rings. The number of anilines is 1. The van der Waals surface area contributed by atoms with Gasteiger partial charge in [-0.05, 0) is 53.9 Å². The lowest BCUT2D eigenvalue weighted by Crippen LogP contribution is -2.13. The van der Waals surface area contributed by atoms with E-state index in [0.29, 0.717) is 28.7 Å². The summed E-state index contributed by atoms with van der Waals surface area (Å²) in [6.07, 6.45) is 0.316. The van der Waals surface area contributed by atoms with Gasteiger partial charge in [-0.1, -0.05) is 29.3 Å². The Morgan fingerprint density at radius 2 is 1.76 bits per heavy atom. The first kappa shape index (κ1) is 19.3. The van der Waals surface area contributed by atoms with Gasteiger partial charge in [0.25, 0.3) is 5.91 Å². The number of H-pyrrole nitrogens is 1. The van der Waals surface area contributed by atoms with Gasteiger partial charge < -0.3 is 5.32 Å². The third-order valence-electron chi connectivity index (χ3n) is 4.25. The first-order chi connectivity index (χ1) is 13.9. The molecule has 0 unspecified atom stereocenters. The molecule has 29 heavy (non-hydrogen) atoms. The molecule has 4 rings (SSSR count). The molecule has 0 spiro atoms. The van der Waals surface area contributed by atoms with Crippen LogP contribution in [0, 0.1) is 11.6 Å². The fourth-order valence-corrected chi connectivity index (χ4v) is 3.40. The van der Waals surface area contributed by atoms with Crippen LogP contribution in [0.15, 0.2) is 48.5 Å². The summed E-state index contributed by atoms with van der Waals surface area (Å²) in [6.45, 7) is 0. The smallest absolute Gasteiger partial charge is 0.260 e. The highest BCUT2D eigenvalue weighted by molar-refractivity contribution is 6.35. The average molecular weight is 433 g/mol. The largest absolute Gasteiger partial charge is 0.304 e. The minimum atomic E-state index is -0.634. The van der Waals surface area contributed by atoms with Crippen molar-refractivity contribution in [3.63, 3.8) is 0 Å². The fraction of sp³-hybridized carbons (Fsp3) is 0.0500. The van der Waals surface area contributed by atoms with Gasteiger partial charge in [0.1, 0.15) is 21.9 Å². The second kappa shape index (κ2) is 7.77. The third-order valence-corrected chi connectivity index (χ3v) is 4.75. The number of carbonyl (C=O) groups excluding carboxylic acids is 1. The Bertz CT molecular complexity index is 1220. The molecule has 0 aliphatic heterocycles. The number of pyridine rings is 1. The lowest BCUT2D eigenvalue weighted by molar-refractivity contribution is 0.102. The number of hydrogen-bond acceptors (Lipinski definition) is 3. The van der Waals surface area contributed by atoms with Gasteiger partial charge in [-0.15, -0.1) is 0 Å². The van der Waals surface area contributed by atoms with E-state index in [1.807, 2.05) is 6.07 Å².